The van der Waals surface area contributed by atoms with E-state index in [2.05, 4.69) is 41.7 Å². The van der Waals surface area contributed by atoms with E-state index in [1.807, 2.05) is 39.0 Å². The number of allylic oxidation sites excluding steroid dienone is 2. The second-order valence-corrected chi connectivity index (χ2v) is 18.1. The summed E-state index contributed by atoms with van der Waals surface area (Å²) in [6.45, 7) is 9.90. The summed E-state index contributed by atoms with van der Waals surface area (Å²) in [6, 6.07) is 11.1. The largest absolute Gasteiger partial charge is 0.488 e. The molecule has 1 N–H and O–H groups in total. The van der Waals surface area contributed by atoms with Crippen molar-refractivity contribution in [2.45, 2.75) is 109 Å². The van der Waals surface area contributed by atoms with Crippen molar-refractivity contribution < 1.29 is 37.1 Å². The summed E-state index contributed by atoms with van der Waals surface area (Å²) in [4.78, 5) is 57.2. The number of carbonyl (C=O) groups is 4. The number of hydrogen-bond donors (Lipinski definition) is 1. The van der Waals surface area contributed by atoms with E-state index in [9.17, 15) is 27.6 Å². The van der Waals surface area contributed by atoms with Gasteiger partial charge < -0.3 is 14.4 Å². The second-order valence-electron chi connectivity index (χ2n) is 16.2. The lowest BCUT2D eigenvalue weighted by molar-refractivity contribution is -0.153. The van der Waals surface area contributed by atoms with Gasteiger partial charge in [-0.3, -0.25) is 23.9 Å². The van der Waals surface area contributed by atoms with Gasteiger partial charge in [0.2, 0.25) is 21.8 Å². The normalized spacial score (nSPS) is 28.3. The van der Waals surface area contributed by atoms with Crippen molar-refractivity contribution in [3.8, 4) is 5.75 Å². The molecule has 280 valence electrons. The molecule has 0 spiro atoms. The smallest absolute Gasteiger partial charge is 0.306 e. The molecular weight excluding hydrogens is 681 g/mol. The highest BCUT2D eigenvalue weighted by Crippen LogP contribution is 2.57. The van der Waals surface area contributed by atoms with E-state index in [-0.39, 0.29) is 56.4 Å². The molecule has 1 saturated heterocycles. The Morgan fingerprint density at radius 1 is 1.08 bits per heavy atom. The molecule has 6 rings (SSSR count). The number of esters is 1. The Hall–Kier alpha value is -3.99. The number of Topliss-reactive ketones (excluding diaryl/α,β-unsaturated/α-hetero) is 1. The predicted molar refractivity (Wildman–Crippen MR) is 200 cm³/mol. The summed E-state index contributed by atoms with van der Waals surface area (Å²) in [5.41, 5.74) is -0.858. The molecule has 52 heavy (non-hydrogen) atoms. The van der Waals surface area contributed by atoms with Crippen molar-refractivity contribution in [1.82, 2.24) is 9.62 Å². The zero-order valence-electron chi connectivity index (χ0n) is 30.6. The molecule has 2 aromatic rings. The van der Waals surface area contributed by atoms with Crippen LogP contribution in [-0.4, -0.2) is 67.4 Å². The summed E-state index contributed by atoms with van der Waals surface area (Å²) in [5, 5.41) is 1.32. The average molecular weight is 733 g/mol. The van der Waals surface area contributed by atoms with Gasteiger partial charge in [0.1, 0.15) is 11.9 Å². The summed E-state index contributed by atoms with van der Waals surface area (Å²) in [7, 11) is -3.83. The third kappa shape index (κ3) is 8.45. The van der Waals surface area contributed by atoms with Crippen LogP contribution in [0.25, 0.3) is 16.8 Å². The first kappa shape index (κ1) is 37.8. The van der Waals surface area contributed by atoms with Crippen molar-refractivity contribution in [3.63, 3.8) is 0 Å². The van der Waals surface area contributed by atoms with Gasteiger partial charge in [-0.05, 0) is 72.9 Å². The molecule has 4 aliphatic rings. The number of ether oxygens (including phenoxy) is 2. The number of carbonyl (C=O) groups excluding carboxylic acids is 4. The van der Waals surface area contributed by atoms with E-state index < -0.39 is 56.0 Å². The van der Waals surface area contributed by atoms with E-state index in [0.717, 1.165) is 48.4 Å². The molecule has 2 heterocycles. The zero-order valence-corrected chi connectivity index (χ0v) is 31.4. The second kappa shape index (κ2) is 15.2. The molecule has 4 bridgehead atoms. The van der Waals surface area contributed by atoms with Crippen LogP contribution in [0.4, 0.5) is 0 Å². The standard InChI is InChI=1S/C41H52N2O8S/c1-5-29-24-41(29,39(47)42-52(48,49)31-18-19-31)25-35(44)34-22-30-26-43(34)38(46)33(40(2,3)4)23-37(45)50-20-11-9-7-6-8-10-13-27-16-17-28-14-12-15-36(51-30)32(28)21-27/h5,10,12-17,21,29-31,33-34H,1,6-9,11,18-20,22-26H2,2-4H3,(H,42,47)/b13-10+/t29-,30+,33+,34-,41+/m0/s1. The number of ketones is 1. The van der Waals surface area contributed by atoms with Crippen LogP contribution in [0.3, 0.4) is 0 Å². The van der Waals surface area contributed by atoms with Gasteiger partial charge in [-0.1, -0.05) is 76.1 Å². The lowest BCUT2D eigenvalue weighted by Gasteiger charge is -2.34. The topological polar surface area (TPSA) is 136 Å². The van der Waals surface area contributed by atoms with E-state index in [1.165, 1.54) is 4.90 Å². The molecule has 3 fully saturated rings. The Labute approximate surface area is 307 Å². The molecule has 2 amide bonds. The van der Waals surface area contributed by atoms with Gasteiger partial charge in [-0.15, -0.1) is 6.58 Å². The third-order valence-corrected chi connectivity index (χ3v) is 13.0. The van der Waals surface area contributed by atoms with Crippen LogP contribution < -0.4 is 9.46 Å². The number of benzene rings is 2. The maximum Gasteiger partial charge on any atom is 0.306 e. The molecule has 2 saturated carbocycles. The Balaban J connectivity index is 1.32. The maximum absolute atomic E-state index is 14.6. The first-order valence-corrected chi connectivity index (χ1v) is 20.3. The van der Waals surface area contributed by atoms with Crippen LogP contribution in [0.15, 0.2) is 55.1 Å². The van der Waals surface area contributed by atoms with Crippen molar-refractivity contribution in [2.75, 3.05) is 13.2 Å². The number of rotatable bonds is 7. The van der Waals surface area contributed by atoms with E-state index in [1.54, 1.807) is 6.08 Å². The van der Waals surface area contributed by atoms with Crippen molar-refractivity contribution in [2.24, 2.45) is 22.7 Å². The van der Waals surface area contributed by atoms with Gasteiger partial charge in [0.15, 0.2) is 5.78 Å². The summed E-state index contributed by atoms with van der Waals surface area (Å²) in [5.74, 6) is -2.37. The van der Waals surface area contributed by atoms with Gasteiger partial charge in [0.05, 0.1) is 42.2 Å². The van der Waals surface area contributed by atoms with Crippen LogP contribution in [0, 0.1) is 22.7 Å². The first-order chi connectivity index (χ1) is 24.7. The van der Waals surface area contributed by atoms with Crippen LogP contribution >= 0.6 is 0 Å². The molecule has 2 aromatic carbocycles. The SMILES string of the molecule is C=C[C@H]1C[C@]1(CC(=O)[C@@H]1C[C@@H]2CN1C(=O)[C@H](C(C)(C)C)CC(=O)OCCCCCC/C=C/c1ccc3cccc(c3c1)O2)C(=O)NS(=O)(=O)C1CC1. The van der Waals surface area contributed by atoms with Gasteiger partial charge in [0, 0.05) is 18.2 Å². The fourth-order valence-corrected chi connectivity index (χ4v) is 9.09. The van der Waals surface area contributed by atoms with Crippen LogP contribution in [0.1, 0.15) is 97.0 Å². The highest BCUT2D eigenvalue weighted by molar-refractivity contribution is 7.90. The number of amides is 2. The Kier molecular flexibility index (Phi) is 11.0. The Bertz CT molecular complexity index is 1860. The lowest BCUT2D eigenvalue weighted by atomic mass is 9.77. The summed E-state index contributed by atoms with van der Waals surface area (Å²) in [6.07, 6.45) is 11.0. The Morgan fingerprint density at radius 3 is 2.56 bits per heavy atom. The van der Waals surface area contributed by atoms with E-state index >= 15 is 0 Å². The van der Waals surface area contributed by atoms with Gasteiger partial charge >= 0.3 is 5.97 Å². The van der Waals surface area contributed by atoms with Crippen LogP contribution in [0.2, 0.25) is 0 Å². The number of nitrogens with one attached hydrogen (secondary N) is 1. The maximum atomic E-state index is 14.6. The number of fused-ring (bicyclic) bond motifs is 3. The number of sulfonamides is 1. The molecule has 11 heteroatoms. The van der Waals surface area contributed by atoms with Crippen molar-refractivity contribution in [1.29, 1.82) is 0 Å². The van der Waals surface area contributed by atoms with Crippen molar-refractivity contribution >= 4 is 50.4 Å². The number of cyclic esters (lactones) is 1. The summed E-state index contributed by atoms with van der Waals surface area (Å²) < 4.78 is 39.9. The third-order valence-electron chi connectivity index (χ3n) is 11.2. The molecule has 2 aliphatic carbocycles. The van der Waals surface area contributed by atoms with Crippen LogP contribution in [0.5, 0.6) is 5.75 Å². The van der Waals surface area contributed by atoms with Gasteiger partial charge in [-0.2, -0.15) is 0 Å². The average Bonchev–Trinajstić information content (AvgIpc) is 4.02. The van der Waals surface area contributed by atoms with Gasteiger partial charge in [0.25, 0.3) is 0 Å². The molecular formula is C41H52N2O8S. The highest BCUT2D eigenvalue weighted by Gasteiger charge is 2.61. The van der Waals surface area contributed by atoms with Gasteiger partial charge in [-0.25, -0.2) is 8.42 Å². The fourth-order valence-electron chi connectivity index (χ4n) is 7.70. The number of hydrogen-bond acceptors (Lipinski definition) is 8. The summed E-state index contributed by atoms with van der Waals surface area (Å²) >= 11 is 0. The van der Waals surface area contributed by atoms with Crippen molar-refractivity contribution in [3.05, 3.63) is 60.7 Å². The van der Waals surface area contributed by atoms with E-state index in [4.69, 9.17) is 9.47 Å². The minimum atomic E-state index is -3.83. The molecule has 2 aliphatic heterocycles. The van der Waals surface area contributed by atoms with E-state index in [0.29, 0.717) is 18.6 Å². The Morgan fingerprint density at radius 2 is 1.85 bits per heavy atom. The molecule has 5 atom stereocenters. The number of nitrogens with zero attached hydrogens (tertiary/aromatic N) is 1. The molecule has 0 unspecified atom stereocenters. The quantitative estimate of drug-likeness (QED) is 0.251. The fraction of sp³-hybridized carbons (Fsp3) is 0.561. The first-order valence-electron chi connectivity index (χ1n) is 18.8. The zero-order chi connectivity index (χ0) is 37.3. The minimum absolute atomic E-state index is 0.104. The monoisotopic (exact) mass is 732 g/mol. The van der Waals surface area contributed by atoms with Crippen LogP contribution in [-0.2, 0) is 33.9 Å². The lowest BCUT2D eigenvalue weighted by Crippen LogP contribution is -2.48. The minimum Gasteiger partial charge on any atom is -0.488 e. The molecule has 0 radical (unpaired) electrons. The highest BCUT2D eigenvalue weighted by atomic mass is 32.2. The predicted octanol–water partition coefficient (Wildman–Crippen LogP) is 6.52. The molecule has 0 aromatic heterocycles. The molecule has 10 nitrogen and oxygen atoms in total.